The summed E-state index contributed by atoms with van der Waals surface area (Å²) in [4.78, 5) is 0.0828. The average Bonchev–Trinajstić information content (AvgIpc) is 2.32. The topological polar surface area (TPSA) is 54.4 Å². The molecule has 0 aliphatic carbocycles. The van der Waals surface area contributed by atoms with Crippen molar-refractivity contribution < 1.29 is 13.0 Å². The Labute approximate surface area is 123 Å². The largest absolute Gasteiger partial charge is 0.294 e. The molecule has 0 aromatic heterocycles. The van der Waals surface area contributed by atoms with Crippen LogP contribution < -0.4 is 0 Å². The molecular formula is C16H26O3S. The Hall–Kier alpha value is -0.870. The van der Waals surface area contributed by atoms with Crippen LogP contribution in [0.2, 0.25) is 0 Å². The van der Waals surface area contributed by atoms with E-state index in [0.717, 1.165) is 30.4 Å². The summed E-state index contributed by atoms with van der Waals surface area (Å²) < 4.78 is 32.5. The molecule has 4 heteroatoms. The monoisotopic (exact) mass is 298 g/mol. The number of benzene rings is 1. The molecule has 0 aliphatic heterocycles. The fourth-order valence-corrected chi connectivity index (χ4v) is 3.04. The van der Waals surface area contributed by atoms with Crippen molar-refractivity contribution in [3.8, 4) is 0 Å². The van der Waals surface area contributed by atoms with Crippen molar-refractivity contribution in [2.75, 3.05) is 0 Å². The van der Waals surface area contributed by atoms with Crippen LogP contribution in [-0.2, 0) is 23.0 Å². The van der Waals surface area contributed by atoms with Gasteiger partial charge in [0.05, 0.1) is 4.90 Å². The van der Waals surface area contributed by atoms with Crippen molar-refractivity contribution in [3.63, 3.8) is 0 Å². The summed E-state index contributed by atoms with van der Waals surface area (Å²) in [5.74, 6) is 1.07. The van der Waals surface area contributed by atoms with E-state index in [-0.39, 0.29) is 4.90 Å². The lowest BCUT2D eigenvalue weighted by Gasteiger charge is -2.15. The van der Waals surface area contributed by atoms with E-state index in [4.69, 9.17) is 0 Å². The van der Waals surface area contributed by atoms with Crippen LogP contribution in [0.5, 0.6) is 0 Å². The van der Waals surface area contributed by atoms with Gasteiger partial charge in [-0.05, 0) is 54.7 Å². The predicted octanol–water partition coefficient (Wildman–Crippen LogP) is 4.11. The predicted molar refractivity (Wildman–Crippen MR) is 82.6 cm³/mol. The highest BCUT2D eigenvalue weighted by molar-refractivity contribution is 7.85. The van der Waals surface area contributed by atoms with Gasteiger partial charge in [0.1, 0.15) is 0 Å². The van der Waals surface area contributed by atoms with Crippen molar-refractivity contribution in [1.29, 1.82) is 0 Å². The highest BCUT2D eigenvalue weighted by Crippen LogP contribution is 2.24. The van der Waals surface area contributed by atoms with E-state index >= 15 is 0 Å². The van der Waals surface area contributed by atoms with Gasteiger partial charge >= 0.3 is 0 Å². The molecule has 0 fully saturated rings. The molecule has 3 nitrogen and oxygen atoms in total. The minimum Gasteiger partial charge on any atom is -0.282 e. The van der Waals surface area contributed by atoms with E-state index in [0.29, 0.717) is 18.3 Å². The molecule has 0 atom stereocenters. The fraction of sp³-hybridized carbons (Fsp3) is 0.625. The minimum absolute atomic E-state index is 0.0828. The SMILES string of the molecule is CC(C)CCc1cccc(S(=O)(=O)O)c1CCC(C)C. The Morgan fingerprint density at radius 1 is 1.00 bits per heavy atom. The maximum Gasteiger partial charge on any atom is 0.294 e. The van der Waals surface area contributed by atoms with Gasteiger partial charge in [0, 0.05) is 0 Å². The van der Waals surface area contributed by atoms with Gasteiger partial charge in [-0.2, -0.15) is 8.42 Å². The van der Waals surface area contributed by atoms with Crippen LogP contribution in [-0.4, -0.2) is 13.0 Å². The zero-order valence-corrected chi connectivity index (χ0v) is 13.7. The van der Waals surface area contributed by atoms with Gasteiger partial charge in [-0.25, -0.2) is 0 Å². The van der Waals surface area contributed by atoms with Crippen LogP contribution in [0.15, 0.2) is 23.1 Å². The summed E-state index contributed by atoms with van der Waals surface area (Å²) in [5, 5.41) is 0. The molecule has 20 heavy (non-hydrogen) atoms. The van der Waals surface area contributed by atoms with Crippen molar-refractivity contribution in [2.45, 2.75) is 58.3 Å². The quantitative estimate of drug-likeness (QED) is 0.771. The van der Waals surface area contributed by atoms with Crippen LogP contribution in [0.1, 0.15) is 51.7 Å². The van der Waals surface area contributed by atoms with Crippen molar-refractivity contribution in [2.24, 2.45) is 11.8 Å². The normalized spacial score (nSPS) is 12.3. The molecule has 0 unspecified atom stereocenters. The summed E-state index contributed by atoms with van der Waals surface area (Å²) in [6.45, 7) is 8.54. The standard InChI is InChI=1S/C16H26O3S/c1-12(2)8-10-14-6-5-7-16(20(17,18)19)15(14)11-9-13(3)4/h5-7,12-13H,8-11H2,1-4H3,(H,17,18,19). The molecule has 114 valence electrons. The first kappa shape index (κ1) is 17.2. The Morgan fingerprint density at radius 3 is 2.05 bits per heavy atom. The first-order chi connectivity index (χ1) is 9.21. The summed E-state index contributed by atoms with van der Waals surface area (Å²) in [6.07, 6.45) is 3.49. The van der Waals surface area contributed by atoms with Crippen molar-refractivity contribution in [1.82, 2.24) is 0 Å². The van der Waals surface area contributed by atoms with E-state index in [1.165, 1.54) is 6.07 Å². The van der Waals surface area contributed by atoms with Gasteiger partial charge in [-0.3, -0.25) is 4.55 Å². The molecule has 0 heterocycles. The summed E-state index contributed by atoms with van der Waals surface area (Å²) in [7, 11) is -4.14. The van der Waals surface area contributed by atoms with E-state index < -0.39 is 10.1 Å². The molecule has 0 radical (unpaired) electrons. The Morgan fingerprint density at radius 2 is 1.55 bits per heavy atom. The second kappa shape index (κ2) is 7.23. The van der Waals surface area contributed by atoms with Crippen molar-refractivity contribution >= 4 is 10.1 Å². The molecular weight excluding hydrogens is 272 g/mol. The summed E-state index contributed by atoms with van der Waals surface area (Å²) in [6, 6.07) is 5.20. The second-order valence-corrected chi connectivity index (χ2v) is 7.62. The number of rotatable bonds is 7. The first-order valence-corrected chi connectivity index (χ1v) is 8.74. The number of hydrogen-bond acceptors (Lipinski definition) is 2. The molecule has 0 amide bonds. The summed E-state index contributed by atoms with van der Waals surface area (Å²) in [5.41, 5.74) is 1.85. The van der Waals surface area contributed by atoms with E-state index in [1.807, 2.05) is 6.07 Å². The smallest absolute Gasteiger partial charge is 0.282 e. The molecule has 0 saturated heterocycles. The Bertz CT molecular complexity index is 531. The van der Waals surface area contributed by atoms with Crippen LogP contribution in [0, 0.1) is 11.8 Å². The zero-order valence-electron chi connectivity index (χ0n) is 12.9. The molecule has 0 aliphatic rings. The fourth-order valence-electron chi connectivity index (χ4n) is 2.25. The summed E-state index contributed by atoms with van der Waals surface area (Å²) >= 11 is 0. The van der Waals surface area contributed by atoms with Gasteiger partial charge in [0.15, 0.2) is 0 Å². The van der Waals surface area contributed by atoms with Gasteiger partial charge in [-0.1, -0.05) is 39.8 Å². The highest BCUT2D eigenvalue weighted by atomic mass is 32.2. The van der Waals surface area contributed by atoms with Gasteiger partial charge in [-0.15, -0.1) is 0 Å². The lowest BCUT2D eigenvalue weighted by atomic mass is 9.94. The third-order valence-corrected chi connectivity index (χ3v) is 4.41. The van der Waals surface area contributed by atoms with E-state index in [9.17, 15) is 13.0 Å². The van der Waals surface area contributed by atoms with Crippen LogP contribution in [0.4, 0.5) is 0 Å². The van der Waals surface area contributed by atoms with E-state index in [1.54, 1.807) is 6.07 Å². The minimum atomic E-state index is -4.14. The van der Waals surface area contributed by atoms with Crippen LogP contribution in [0.3, 0.4) is 0 Å². The molecule has 1 aromatic rings. The molecule has 1 N–H and O–H groups in total. The lowest BCUT2D eigenvalue weighted by molar-refractivity contribution is 0.480. The van der Waals surface area contributed by atoms with Crippen LogP contribution in [0.25, 0.3) is 0 Å². The average molecular weight is 298 g/mol. The van der Waals surface area contributed by atoms with Gasteiger partial charge < -0.3 is 0 Å². The highest BCUT2D eigenvalue weighted by Gasteiger charge is 2.18. The number of aryl methyl sites for hydroxylation is 1. The van der Waals surface area contributed by atoms with Crippen LogP contribution >= 0.6 is 0 Å². The maximum atomic E-state index is 11.5. The zero-order chi connectivity index (χ0) is 15.3. The molecule has 0 saturated carbocycles. The molecule has 0 bridgehead atoms. The van der Waals surface area contributed by atoms with Crippen molar-refractivity contribution in [3.05, 3.63) is 29.3 Å². The Kier molecular flexibility index (Phi) is 6.21. The maximum absolute atomic E-state index is 11.5. The molecule has 0 spiro atoms. The number of hydrogen-bond donors (Lipinski definition) is 1. The third kappa shape index (κ3) is 5.25. The van der Waals surface area contributed by atoms with E-state index in [2.05, 4.69) is 27.7 Å². The second-order valence-electron chi connectivity index (χ2n) is 6.23. The van der Waals surface area contributed by atoms with Gasteiger partial charge in [0.25, 0.3) is 10.1 Å². The first-order valence-electron chi connectivity index (χ1n) is 7.30. The third-order valence-electron chi connectivity index (χ3n) is 3.47. The lowest BCUT2D eigenvalue weighted by Crippen LogP contribution is -2.08. The molecule has 1 aromatic carbocycles. The van der Waals surface area contributed by atoms with Gasteiger partial charge in [0.2, 0.25) is 0 Å². The molecule has 1 rings (SSSR count). The Balaban J connectivity index is 3.15.